The number of amides is 1. The van der Waals surface area contributed by atoms with Gasteiger partial charge < -0.3 is 10.1 Å². The molecule has 1 N–H and O–H groups in total. The third-order valence-electron chi connectivity index (χ3n) is 2.02. The highest BCUT2D eigenvalue weighted by molar-refractivity contribution is 5.95. The first kappa shape index (κ1) is 14.0. The lowest BCUT2D eigenvalue weighted by atomic mass is 10.1. The number of esters is 1. The van der Waals surface area contributed by atoms with Crippen LogP contribution in [-0.2, 0) is 20.7 Å². The fourth-order valence-electron chi connectivity index (χ4n) is 1.20. The number of halogens is 3. The zero-order valence-electron chi connectivity index (χ0n) is 9.38. The number of hydrogen-bond donors (Lipinski definition) is 1. The molecule has 0 saturated heterocycles. The second-order valence-electron chi connectivity index (χ2n) is 3.41. The van der Waals surface area contributed by atoms with Crippen molar-refractivity contribution in [3.63, 3.8) is 0 Å². The molecule has 18 heavy (non-hydrogen) atoms. The molecule has 0 aliphatic carbocycles. The zero-order valence-corrected chi connectivity index (χ0v) is 9.38. The Labute approximate surface area is 101 Å². The standard InChI is InChI=1S/C11H10F3NO3/c1-18-9(16)6-7-3-2-4-8(5-7)15-10(17)11(12,13)14/h2-5H,6H2,1H3,(H,15,17). The van der Waals surface area contributed by atoms with E-state index in [1.165, 1.54) is 25.3 Å². The Morgan fingerprint density at radius 2 is 2.00 bits per heavy atom. The molecular formula is C11H10F3NO3. The third-order valence-corrected chi connectivity index (χ3v) is 2.02. The van der Waals surface area contributed by atoms with Gasteiger partial charge in [-0.05, 0) is 17.7 Å². The number of ether oxygens (including phenoxy) is 1. The molecule has 7 heteroatoms. The number of benzene rings is 1. The van der Waals surface area contributed by atoms with Crippen LogP contribution < -0.4 is 5.32 Å². The number of anilines is 1. The van der Waals surface area contributed by atoms with E-state index in [4.69, 9.17) is 0 Å². The van der Waals surface area contributed by atoms with Crippen molar-refractivity contribution in [3.8, 4) is 0 Å². The van der Waals surface area contributed by atoms with Gasteiger partial charge in [-0.2, -0.15) is 13.2 Å². The molecule has 0 atom stereocenters. The van der Waals surface area contributed by atoms with Crippen molar-refractivity contribution in [3.05, 3.63) is 29.8 Å². The van der Waals surface area contributed by atoms with Crippen molar-refractivity contribution in [1.82, 2.24) is 0 Å². The van der Waals surface area contributed by atoms with Crippen LogP contribution >= 0.6 is 0 Å². The van der Waals surface area contributed by atoms with E-state index in [2.05, 4.69) is 4.74 Å². The number of carbonyl (C=O) groups excluding carboxylic acids is 2. The minimum atomic E-state index is -4.95. The first-order valence-electron chi connectivity index (χ1n) is 4.87. The monoisotopic (exact) mass is 261 g/mol. The quantitative estimate of drug-likeness (QED) is 0.845. The molecule has 0 aliphatic heterocycles. The van der Waals surface area contributed by atoms with Gasteiger partial charge >= 0.3 is 18.1 Å². The summed E-state index contributed by atoms with van der Waals surface area (Å²) in [4.78, 5) is 21.7. The van der Waals surface area contributed by atoms with Crippen molar-refractivity contribution in [2.45, 2.75) is 12.6 Å². The summed E-state index contributed by atoms with van der Waals surface area (Å²) in [7, 11) is 1.21. The van der Waals surface area contributed by atoms with Gasteiger partial charge in [0.25, 0.3) is 0 Å². The van der Waals surface area contributed by atoms with Gasteiger partial charge in [0.15, 0.2) is 0 Å². The van der Waals surface area contributed by atoms with Crippen LogP contribution in [0.3, 0.4) is 0 Å². The minimum Gasteiger partial charge on any atom is -0.469 e. The average Bonchev–Trinajstić information content (AvgIpc) is 2.28. The van der Waals surface area contributed by atoms with E-state index in [0.717, 1.165) is 0 Å². The molecule has 0 heterocycles. The summed E-state index contributed by atoms with van der Waals surface area (Å²) in [5, 5.41) is 1.70. The summed E-state index contributed by atoms with van der Waals surface area (Å²) < 4.78 is 40.5. The molecule has 1 aromatic carbocycles. The summed E-state index contributed by atoms with van der Waals surface area (Å²) in [6, 6.07) is 5.55. The van der Waals surface area contributed by atoms with Crippen molar-refractivity contribution < 1.29 is 27.5 Å². The lowest BCUT2D eigenvalue weighted by Crippen LogP contribution is -2.29. The van der Waals surface area contributed by atoms with Gasteiger partial charge in [0.1, 0.15) is 0 Å². The fourth-order valence-corrected chi connectivity index (χ4v) is 1.20. The third kappa shape index (κ3) is 4.08. The molecular weight excluding hydrogens is 251 g/mol. The largest absolute Gasteiger partial charge is 0.471 e. The summed E-state index contributed by atoms with van der Waals surface area (Å²) in [5.41, 5.74) is 0.417. The Morgan fingerprint density at radius 1 is 1.33 bits per heavy atom. The van der Waals surface area contributed by atoms with E-state index in [9.17, 15) is 22.8 Å². The van der Waals surface area contributed by atoms with Crippen molar-refractivity contribution in [1.29, 1.82) is 0 Å². The number of alkyl halides is 3. The highest BCUT2D eigenvalue weighted by atomic mass is 19.4. The molecule has 98 valence electrons. The van der Waals surface area contributed by atoms with E-state index in [1.54, 1.807) is 11.4 Å². The molecule has 0 aromatic heterocycles. The molecule has 4 nitrogen and oxygen atoms in total. The van der Waals surface area contributed by atoms with Crippen LogP contribution in [0.2, 0.25) is 0 Å². The first-order chi connectivity index (χ1) is 8.32. The molecule has 1 aromatic rings. The van der Waals surface area contributed by atoms with E-state index in [1.807, 2.05) is 0 Å². The zero-order chi connectivity index (χ0) is 13.8. The maximum atomic E-state index is 12.0. The summed E-state index contributed by atoms with van der Waals surface area (Å²) >= 11 is 0. The Morgan fingerprint density at radius 3 is 2.56 bits per heavy atom. The van der Waals surface area contributed by atoms with Gasteiger partial charge in [-0.1, -0.05) is 12.1 Å². The van der Waals surface area contributed by atoms with Crippen molar-refractivity contribution in [2.24, 2.45) is 0 Å². The van der Waals surface area contributed by atoms with Crippen LogP contribution in [0.25, 0.3) is 0 Å². The molecule has 1 rings (SSSR count). The van der Waals surface area contributed by atoms with Gasteiger partial charge in [0.05, 0.1) is 13.5 Å². The Hall–Kier alpha value is -2.05. The molecule has 0 unspecified atom stereocenters. The number of carbonyl (C=O) groups is 2. The van der Waals surface area contributed by atoms with Crippen molar-refractivity contribution in [2.75, 3.05) is 12.4 Å². The Bertz CT molecular complexity index is 457. The average molecular weight is 261 g/mol. The van der Waals surface area contributed by atoms with Crippen LogP contribution in [0.4, 0.5) is 18.9 Å². The second kappa shape index (κ2) is 5.52. The predicted octanol–water partition coefficient (Wildman–Crippen LogP) is 1.90. The maximum absolute atomic E-state index is 12.0. The van der Waals surface area contributed by atoms with Crippen LogP contribution in [0.15, 0.2) is 24.3 Å². The Balaban J connectivity index is 2.77. The Kier molecular flexibility index (Phi) is 4.30. The highest BCUT2D eigenvalue weighted by Crippen LogP contribution is 2.19. The van der Waals surface area contributed by atoms with Gasteiger partial charge in [-0.25, -0.2) is 0 Å². The van der Waals surface area contributed by atoms with Crippen molar-refractivity contribution >= 4 is 17.6 Å². The van der Waals surface area contributed by atoms with E-state index >= 15 is 0 Å². The highest BCUT2D eigenvalue weighted by Gasteiger charge is 2.38. The SMILES string of the molecule is COC(=O)Cc1cccc(NC(=O)C(F)(F)F)c1. The second-order valence-corrected chi connectivity index (χ2v) is 3.41. The maximum Gasteiger partial charge on any atom is 0.471 e. The van der Waals surface area contributed by atoms with Gasteiger partial charge in [0.2, 0.25) is 0 Å². The number of rotatable bonds is 3. The molecule has 0 fully saturated rings. The molecule has 0 spiro atoms. The number of methoxy groups -OCH3 is 1. The summed E-state index contributed by atoms with van der Waals surface area (Å²) in [6.07, 6.45) is -5.02. The molecule has 1 amide bonds. The van der Waals surface area contributed by atoms with E-state index in [-0.39, 0.29) is 12.1 Å². The smallest absolute Gasteiger partial charge is 0.469 e. The predicted molar refractivity (Wildman–Crippen MR) is 56.8 cm³/mol. The van der Waals surface area contributed by atoms with E-state index < -0.39 is 18.1 Å². The lowest BCUT2D eigenvalue weighted by Gasteiger charge is -2.09. The molecule has 0 radical (unpaired) electrons. The summed E-state index contributed by atoms with van der Waals surface area (Å²) in [5.74, 6) is -2.58. The first-order valence-corrected chi connectivity index (χ1v) is 4.87. The molecule has 0 saturated carbocycles. The normalized spacial score (nSPS) is 10.9. The van der Waals surface area contributed by atoms with Crippen LogP contribution in [0.5, 0.6) is 0 Å². The topological polar surface area (TPSA) is 55.4 Å². The van der Waals surface area contributed by atoms with Crippen LogP contribution in [0, 0.1) is 0 Å². The molecule has 0 bridgehead atoms. The van der Waals surface area contributed by atoms with E-state index in [0.29, 0.717) is 5.56 Å². The van der Waals surface area contributed by atoms with Gasteiger partial charge in [-0.15, -0.1) is 0 Å². The minimum absolute atomic E-state index is 0.0290. The van der Waals surface area contributed by atoms with Crippen LogP contribution in [0.1, 0.15) is 5.56 Å². The van der Waals surface area contributed by atoms with Crippen LogP contribution in [-0.4, -0.2) is 25.2 Å². The van der Waals surface area contributed by atoms with Gasteiger partial charge in [-0.3, -0.25) is 9.59 Å². The number of hydrogen-bond acceptors (Lipinski definition) is 3. The number of nitrogens with one attached hydrogen (secondary N) is 1. The summed E-state index contributed by atoms with van der Waals surface area (Å²) in [6.45, 7) is 0. The lowest BCUT2D eigenvalue weighted by molar-refractivity contribution is -0.167. The van der Waals surface area contributed by atoms with Gasteiger partial charge in [0, 0.05) is 5.69 Å². The fraction of sp³-hybridized carbons (Fsp3) is 0.273. The molecule has 0 aliphatic rings.